The minimum absolute atomic E-state index is 0.0980. The molecule has 0 radical (unpaired) electrons. The monoisotopic (exact) mass is 396 g/mol. The van der Waals surface area contributed by atoms with Crippen LogP contribution in [0.2, 0.25) is 0 Å². The summed E-state index contributed by atoms with van der Waals surface area (Å²) >= 11 is 3.16. The number of halogens is 1. The van der Waals surface area contributed by atoms with Gasteiger partial charge < -0.3 is 5.32 Å². The van der Waals surface area contributed by atoms with Gasteiger partial charge in [0, 0.05) is 38.9 Å². The van der Waals surface area contributed by atoms with E-state index in [-0.39, 0.29) is 22.6 Å². The summed E-state index contributed by atoms with van der Waals surface area (Å²) in [6, 6.07) is 2.88. The predicted octanol–water partition coefficient (Wildman–Crippen LogP) is 0.903. The van der Waals surface area contributed by atoms with Crippen molar-refractivity contribution in [3.05, 3.63) is 27.7 Å². The molecule has 0 saturated heterocycles. The normalized spacial score (nSPS) is 13.0. The zero-order valence-corrected chi connectivity index (χ0v) is 14.9. The molecule has 0 heterocycles. The second-order valence-corrected chi connectivity index (χ2v) is 8.62. The molecule has 21 heavy (non-hydrogen) atoms. The van der Waals surface area contributed by atoms with Gasteiger partial charge in [0.25, 0.3) is 5.91 Å². The largest absolute Gasteiger partial charge is 0.351 e. The van der Waals surface area contributed by atoms with Crippen LogP contribution in [0.25, 0.3) is 0 Å². The average molecular weight is 397 g/mol. The molecule has 0 spiro atoms. The summed E-state index contributed by atoms with van der Waals surface area (Å²) in [6.07, 6.45) is 0. The van der Waals surface area contributed by atoms with Crippen molar-refractivity contribution in [1.82, 2.24) is 5.32 Å². The maximum atomic E-state index is 12.1. The number of primary sulfonamides is 1. The molecule has 0 bridgehead atoms. The second kappa shape index (κ2) is 7.48. The lowest BCUT2D eigenvalue weighted by molar-refractivity contribution is 0.0955. The molecular weight excluding hydrogens is 380 g/mol. The lowest BCUT2D eigenvalue weighted by Crippen LogP contribution is -2.29. The molecule has 9 heteroatoms. The van der Waals surface area contributed by atoms with Crippen molar-refractivity contribution in [3.63, 3.8) is 0 Å². The van der Waals surface area contributed by atoms with E-state index in [4.69, 9.17) is 5.14 Å². The van der Waals surface area contributed by atoms with E-state index in [2.05, 4.69) is 21.2 Å². The number of nitrogens with one attached hydrogen (secondary N) is 1. The van der Waals surface area contributed by atoms with Crippen LogP contribution in [0, 0.1) is 6.92 Å². The Balaban J connectivity index is 3.00. The van der Waals surface area contributed by atoms with Gasteiger partial charge in [0.15, 0.2) is 0 Å². The lowest BCUT2D eigenvalue weighted by Gasteiger charge is -2.11. The molecule has 1 rings (SSSR count). The van der Waals surface area contributed by atoms with Crippen molar-refractivity contribution in [2.75, 3.05) is 18.1 Å². The Kier molecular flexibility index (Phi) is 6.51. The molecule has 1 amide bonds. The molecule has 0 aliphatic carbocycles. The Hall–Kier alpha value is -0.770. The third-order valence-electron chi connectivity index (χ3n) is 2.81. The van der Waals surface area contributed by atoms with Crippen LogP contribution in [-0.2, 0) is 20.8 Å². The Morgan fingerprint density at radius 2 is 2.05 bits per heavy atom. The minimum Gasteiger partial charge on any atom is -0.351 e. The van der Waals surface area contributed by atoms with E-state index >= 15 is 0 Å². The second-order valence-electron chi connectivity index (χ2n) is 4.31. The van der Waals surface area contributed by atoms with Gasteiger partial charge in [-0.2, -0.15) is 0 Å². The van der Waals surface area contributed by atoms with Crippen molar-refractivity contribution in [1.29, 1.82) is 0 Å². The fraction of sp³-hybridized carbons (Fsp3) is 0.417. The van der Waals surface area contributed by atoms with Gasteiger partial charge in [-0.25, -0.2) is 13.6 Å². The molecule has 1 aromatic rings. The number of carbonyl (C=O) groups is 1. The summed E-state index contributed by atoms with van der Waals surface area (Å²) < 4.78 is 34.8. The Bertz CT molecular complexity index is 674. The lowest BCUT2D eigenvalue weighted by atomic mass is 10.1. The first kappa shape index (κ1) is 18.3. The molecule has 0 aliphatic heterocycles. The van der Waals surface area contributed by atoms with Crippen LogP contribution in [-0.4, -0.2) is 36.6 Å². The van der Waals surface area contributed by atoms with Crippen LogP contribution in [0.1, 0.15) is 22.8 Å². The predicted molar refractivity (Wildman–Crippen MR) is 86.1 cm³/mol. The zero-order valence-electron chi connectivity index (χ0n) is 11.7. The third-order valence-corrected chi connectivity index (χ3v) is 5.61. The zero-order chi connectivity index (χ0) is 16.2. The van der Waals surface area contributed by atoms with Gasteiger partial charge in [-0.15, -0.1) is 0 Å². The first-order chi connectivity index (χ1) is 9.66. The summed E-state index contributed by atoms with van der Waals surface area (Å²) in [5.41, 5.74) is 0.505. The van der Waals surface area contributed by atoms with E-state index < -0.39 is 26.7 Å². The van der Waals surface area contributed by atoms with Crippen LogP contribution < -0.4 is 10.5 Å². The maximum Gasteiger partial charge on any atom is 0.251 e. The van der Waals surface area contributed by atoms with Gasteiger partial charge in [0.1, 0.15) is 0 Å². The molecule has 118 valence electrons. The van der Waals surface area contributed by atoms with Gasteiger partial charge >= 0.3 is 0 Å². The van der Waals surface area contributed by atoms with Crippen molar-refractivity contribution in [2.24, 2.45) is 5.14 Å². The average Bonchev–Trinajstić information content (AvgIpc) is 2.39. The number of rotatable bonds is 6. The highest BCUT2D eigenvalue weighted by Gasteiger charge is 2.19. The SMILES string of the molecule is CCS(=O)CCNC(=O)c1cc(Br)cc(S(N)(=O)=O)c1C. The van der Waals surface area contributed by atoms with E-state index in [1.165, 1.54) is 19.1 Å². The fourth-order valence-electron chi connectivity index (χ4n) is 1.70. The van der Waals surface area contributed by atoms with Crippen molar-refractivity contribution in [3.8, 4) is 0 Å². The van der Waals surface area contributed by atoms with Crippen LogP contribution >= 0.6 is 15.9 Å². The van der Waals surface area contributed by atoms with E-state index in [1.54, 1.807) is 6.92 Å². The van der Waals surface area contributed by atoms with Crippen LogP contribution in [0.15, 0.2) is 21.5 Å². The van der Waals surface area contributed by atoms with E-state index in [1.807, 2.05) is 0 Å². The standard InChI is InChI=1S/C12H17BrN2O4S2/c1-3-20(17)5-4-15-12(16)10-6-9(13)7-11(8(10)2)21(14,18)19/h6-7H,3-5H2,1-2H3,(H,15,16)(H2,14,18,19). The first-order valence-corrected chi connectivity index (χ1v) is 9.95. The number of benzene rings is 1. The van der Waals surface area contributed by atoms with Crippen LogP contribution in [0.3, 0.4) is 0 Å². The van der Waals surface area contributed by atoms with E-state index in [0.717, 1.165) is 0 Å². The van der Waals surface area contributed by atoms with Gasteiger partial charge in [-0.05, 0) is 24.6 Å². The summed E-state index contributed by atoms with van der Waals surface area (Å²) in [6.45, 7) is 3.58. The van der Waals surface area contributed by atoms with Gasteiger partial charge in [-0.1, -0.05) is 22.9 Å². The Labute approximate surface area is 135 Å². The van der Waals surface area contributed by atoms with E-state index in [0.29, 0.717) is 16.0 Å². The van der Waals surface area contributed by atoms with Crippen LogP contribution in [0.5, 0.6) is 0 Å². The molecule has 0 aliphatic rings. The number of carbonyl (C=O) groups excluding carboxylic acids is 1. The smallest absolute Gasteiger partial charge is 0.251 e. The number of amides is 1. The van der Waals surface area contributed by atoms with Gasteiger partial charge in [0.05, 0.1) is 4.90 Å². The summed E-state index contributed by atoms with van der Waals surface area (Å²) in [5.74, 6) is 0.463. The van der Waals surface area contributed by atoms with Crippen molar-refractivity contribution < 1.29 is 17.4 Å². The number of nitrogens with two attached hydrogens (primary N) is 1. The molecule has 0 saturated carbocycles. The highest BCUT2D eigenvalue weighted by molar-refractivity contribution is 9.10. The van der Waals surface area contributed by atoms with E-state index in [9.17, 15) is 17.4 Å². The molecule has 0 aromatic heterocycles. The quantitative estimate of drug-likeness (QED) is 0.744. The molecular formula is C12H17BrN2O4S2. The summed E-state index contributed by atoms with van der Waals surface area (Å²) in [5, 5.41) is 7.76. The molecule has 6 nitrogen and oxygen atoms in total. The topological polar surface area (TPSA) is 106 Å². The molecule has 3 N–H and O–H groups in total. The Morgan fingerprint density at radius 1 is 1.43 bits per heavy atom. The molecule has 1 atom stereocenters. The number of hydrogen-bond donors (Lipinski definition) is 2. The molecule has 0 fully saturated rings. The minimum atomic E-state index is -3.91. The fourth-order valence-corrected chi connectivity index (χ4v) is 3.76. The highest BCUT2D eigenvalue weighted by atomic mass is 79.9. The van der Waals surface area contributed by atoms with Gasteiger partial charge in [-0.3, -0.25) is 9.00 Å². The molecule has 1 unspecified atom stereocenters. The third kappa shape index (κ3) is 5.17. The van der Waals surface area contributed by atoms with Crippen molar-refractivity contribution in [2.45, 2.75) is 18.7 Å². The number of hydrogen-bond acceptors (Lipinski definition) is 4. The number of sulfonamides is 1. The first-order valence-electron chi connectivity index (χ1n) is 6.13. The highest BCUT2D eigenvalue weighted by Crippen LogP contribution is 2.23. The Morgan fingerprint density at radius 3 is 2.57 bits per heavy atom. The van der Waals surface area contributed by atoms with Crippen LogP contribution in [0.4, 0.5) is 0 Å². The maximum absolute atomic E-state index is 12.1. The van der Waals surface area contributed by atoms with Crippen molar-refractivity contribution >= 4 is 42.7 Å². The summed E-state index contributed by atoms with van der Waals surface area (Å²) in [4.78, 5) is 12.0. The van der Waals surface area contributed by atoms with Gasteiger partial charge in [0.2, 0.25) is 10.0 Å². The molecule has 1 aromatic carbocycles. The summed E-state index contributed by atoms with van der Waals surface area (Å²) in [7, 11) is -4.88.